The van der Waals surface area contributed by atoms with Gasteiger partial charge in [-0.3, -0.25) is 9.59 Å². The number of methoxy groups -OCH3 is 1. The van der Waals surface area contributed by atoms with Crippen LogP contribution in [0.2, 0.25) is 0 Å². The average Bonchev–Trinajstić information content (AvgIpc) is 2.85. The van der Waals surface area contributed by atoms with E-state index in [-0.39, 0.29) is 24.3 Å². The zero-order valence-corrected chi connectivity index (χ0v) is 19.9. The molecule has 7 nitrogen and oxygen atoms in total. The maximum atomic E-state index is 13.3. The summed E-state index contributed by atoms with van der Waals surface area (Å²) >= 11 is 0. The number of hydrogen-bond acceptors (Lipinski definition) is 5. The molecule has 1 heterocycles. The zero-order chi connectivity index (χ0) is 23.8. The third-order valence-corrected chi connectivity index (χ3v) is 5.91. The summed E-state index contributed by atoms with van der Waals surface area (Å²) in [5, 5.41) is 2.99. The van der Waals surface area contributed by atoms with E-state index in [2.05, 4.69) is 5.32 Å². The predicted octanol–water partition coefficient (Wildman–Crippen LogP) is 3.73. The number of carbonyl (C=O) groups is 2. The van der Waals surface area contributed by atoms with Crippen LogP contribution in [0, 0.1) is 0 Å². The minimum absolute atomic E-state index is 0.0515. The van der Waals surface area contributed by atoms with Crippen LogP contribution in [0.3, 0.4) is 0 Å². The second kappa shape index (κ2) is 11.6. The van der Waals surface area contributed by atoms with Crippen molar-refractivity contribution in [3.63, 3.8) is 0 Å². The Hall–Kier alpha value is -3.22. The van der Waals surface area contributed by atoms with Gasteiger partial charge in [0.05, 0.1) is 7.11 Å². The van der Waals surface area contributed by atoms with Crippen LogP contribution >= 0.6 is 0 Å². The van der Waals surface area contributed by atoms with Crippen molar-refractivity contribution in [1.29, 1.82) is 0 Å². The first kappa shape index (κ1) is 24.4. The molecule has 2 aromatic carbocycles. The van der Waals surface area contributed by atoms with E-state index in [1.54, 1.807) is 18.9 Å². The van der Waals surface area contributed by atoms with Crippen molar-refractivity contribution in [2.75, 3.05) is 20.3 Å². The van der Waals surface area contributed by atoms with E-state index in [0.717, 1.165) is 29.0 Å². The number of benzene rings is 2. The summed E-state index contributed by atoms with van der Waals surface area (Å²) in [5.74, 6) is 1.96. The van der Waals surface area contributed by atoms with E-state index in [4.69, 9.17) is 14.2 Å². The molecule has 2 atom stereocenters. The largest absolute Gasteiger partial charge is 0.497 e. The summed E-state index contributed by atoms with van der Waals surface area (Å²) in [6.45, 7) is 7.17. The SMILES string of the molecule is CCC(C)NC(=O)C(C)N(Cc1ccc(OC)cc1)C(=O)CCc1ccc2c(c1)OCCO2. The topological polar surface area (TPSA) is 77.1 Å². The van der Waals surface area contributed by atoms with Crippen LogP contribution in [0.25, 0.3) is 0 Å². The summed E-state index contributed by atoms with van der Waals surface area (Å²) in [6, 6.07) is 12.8. The second-order valence-corrected chi connectivity index (χ2v) is 8.34. The first-order valence-electron chi connectivity index (χ1n) is 11.5. The van der Waals surface area contributed by atoms with E-state index in [9.17, 15) is 9.59 Å². The highest BCUT2D eigenvalue weighted by Gasteiger charge is 2.26. The molecule has 0 spiro atoms. The van der Waals surface area contributed by atoms with Crippen molar-refractivity contribution in [2.45, 2.75) is 58.7 Å². The molecule has 7 heteroatoms. The van der Waals surface area contributed by atoms with Crippen LogP contribution in [-0.4, -0.2) is 49.1 Å². The van der Waals surface area contributed by atoms with Gasteiger partial charge in [-0.25, -0.2) is 0 Å². The standard InChI is InChI=1S/C26H34N2O5/c1-5-18(2)27-26(30)19(3)28(17-21-6-10-22(31-4)11-7-21)25(29)13-9-20-8-12-23-24(16-20)33-15-14-32-23/h6-8,10-12,16,18-19H,5,9,13-15,17H2,1-4H3,(H,27,30). The van der Waals surface area contributed by atoms with E-state index in [0.29, 0.717) is 31.9 Å². The molecule has 178 valence electrons. The van der Waals surface area contributed by atoms with Crippen molar-refractivity contribution in [1.82, 2.24) is 10.2 Å². The molecule has 2 amide bonds. The Bertz CT molecular complexity index is 944. The summed E-state index contributed by atoms with van der Waals surface area (Å²) < 4.78 is 16.4. The fourth-order valence-electron chi connectivity index (χ4n) is 3.61. The van der Waals surface area contributed by atoms with Crippen LogP contribution in [-0.2, 0) is 22.6 Å². The number of hydrogen-bond donors (Lipinski definition) is 1. The Kier molecular flexibility index (Phi) is 8.58. The molecule has 0 aliphatic carbocycles. The summed E-state index contributed by atoms with van der Waals surface area (Å²) in [7, 11) is 1.62. The lowest BCUT2D eigenvalue weighted by Gasteiger charge is -2.30. The predicted molar refractivity (Wildman–Crippen MR) is 127 cm³/mol. The number of nitrogens with zero attached hydrogens (tertiary/aromatic N) is 1. The average molecular weight is 455 g/mol. The van der Waals surface area contributed by atoms with Gasteiger partial charge in [-0.1, -0.05) is 25.1 Å². The molecule has 0 saturated carbocycles. The Morgan fingerprint density at radius 3 is 2.36 bits per heavy atom. The van der Waals surface area contributed by atoms with Gasteiger partial charge in [0.1, 0.15) is 25.0 Å². The molecule has 0 bridgehead atoms. The van der Waals surface area contributed by atoms with Gasteiger partial charge in [-0.15, -0.1) is 0 Å². The van der Waals surface area contributed by atoms with E-state index < -0.39 is 6.04 Å². The van der Waals surface area contributed by atoms with Crippen LogP contribution in [0.15, 0.2) is 42.5 Å². The number of fused-ring (bicyclic) bond motifs is 1. The van der Waals surface area contributed by atoms with E-state index in [1.165, 1.54) is 0 Å². The highest BCUT2D eigenvalue weighted by atomic mass is 16.6. The van der Waals surface area contributed by atoms with E-state index >= 15 is 0 Å². The molecular formula is C26H34N2O5. The van der Waals surface area contributed by atoms with Crippen molar-refractivity contribution in [3.8, 4) is 17.2 Å². The van der Waals surface area contributed by atoms with Gasteiger partial charge in [-0.2, -0.15) is 0 Å². The number of rotatable bonds is 10. The zero-order valence-electron chi connectivity index (χ0n) is 19.9. The van der Waals surface area contributed by atoms with Crippen molar-refractivity contribution >= 4 is 11.8 Å². The molecular weight excluding hydrogens is 420 g/mol. The summed E-state index contributed by atoms with van der Waals surface area (Å²) in [6.07, 6.45) is 1.67. The monoisotopic (exact) mass is 454 g/mol. The third-order valence-electron chi connectivity index (χ3n) is 5.91. The fourth-order valence-corrected chi connectivity index (χ4v) is 3.61. The Balaban J connectivity index is 1.72. The van der Waals surface area contributed by atoms with Gasteiger partial charge in [0, 0.05) is 19.0 Å². The molecule has 3 rings (SSSR count). The Morgan fingerprint density at radius 2 is 1.70 bits per heavy atom. The van der Waals surface area contributed by atoms with Crippen molar-refractivity contribution in [2.24, 2.45) is 0 Å². The maximum Gasteiger partial charge on any atom is 0.242 e. The fraction of sp³-hybridized carbons (Fsp3) is 0.462. The first-order chi connectivity index (χ1) is 15.9. The van der Waals surface area contributed by atoms with Gasteiger partial charge in [0.2, 0.25) is 11.8 Å². The van der Waals surface area contributed by atoms with Crippen molar-refractivity contribution in [3.05, 3.63) is 53.6 Å². The molecule has 1 aliphatic rings. The summed E-state index contributed by atoms with van der Waals surface area (Å²) in [5.41, 5.74) is 1.93. The minimum atomic E-state index is -0.589. The summed E-state index contributed by atoms with van der Waals surface area (Å²) in [4.78, 5) is 27.8. The van der Waals surface area contributed by atoms with Gasteiger partial charge in [0.25, 0.3) is 0 Å². The second-order valence-electron chi connectivity index (χ2n) is 8.34. The highest BCUT2D eigenvalue weighted by Crippen LogP contribution is 2.31. The lowest BCUT2D eigenvalue weighted by molar-refractivity contribution is -0.140. The molecule has 1 N–H and O–H groups in total. The quantitative estimate of drug-likeness (QED) is 0.592. The Morgan fingerprint density at radius 1 is 1.03 bits per heavy atom. The number of nitrogens with one attached hydrogen (secondary N) is 1. The number of carbonyl (C=O) groups excluding carboxylic acids is 2. The molecule has 0 saturated heterocycles. The van der Waals surface area contributed by atoms with Crippen LogP contribution < -0.4 is 19.5 Å². The molecule has 2 aromatic rings. The van der Waals surface area contributed by atoms with Gasteiger partial charge < -0.3 is 24.4 Å². The number of aryl methyl sites for hydroxylation is 1. The molecule has 0 radical (unpaired) electrons. The van der Waals surface area contributed by atoms with Gasteiger partial charge in [-0.05, 0) is 62.1 Å². The highest BCUT2D eigenvalue weighted by molar-refractivity contribution is 5.87. The van der Waals surface area contributed by atoms with Crippen LogP contribution in [0.1, 0.15) is 44.7 Å². The lowest BCUT2D eigenvalue weighted by atomic mass is 10.1. The minimum Gasteiger partial charge on any atom is -0.497 e. The van der Waals surface area contributed by atoms with Gasteiger partial charge in [0.15, 0.2) is 11.5 Å². The molecule has 1 aliphatic heterocycles. The molecule has 0 aromatic heterocycles. The maximum absolute atomic E-state index is 13.3. The molecule has 0 fully saturated rings. The molecule has 33 heavy (non-hydrogen) atoms. The first-order valence-corrected chi connectivity index (χ1v) is 11.5. The van der Waals surface area contributed by atoms with Crippen LogP contribution in [0.4, 0.5) is 0 Å². The third kappa shape index (κ3) is 6.63. The number of amides is 2. The number of ether oxygens (including phenoxy) is 3. The van der Waals surface area contributed by atoms with E-state index in [1.807, 2.05) is 56.3 Å². The lowest BCUT2D eigenvalue weighted by Crippen LogP contribution is -2.49. The molecule has 2 unspecified atom stereocenters. The smallest absolute Gasteiger partial charge is 0.242 e. The van der Waals surface area contributed by atoms with Crippen LogP contribution in [0.5, 0.6) is 17.2 Å². The van der Waals surface area contributed by atoms with Gasteiger partial charge >= 0.3 is 0 Å². The normalized spacial score (nSPS) is 14.2. The van der Waals surface area contributed by atoms with Crippen molar-refractivity contribution < 1.29 is 23.8 Å². The Labute approximate surface area is 196 Å².